The van der Waals surface area contributed by atoms with Crippen molar-refractivity contribution >= 4 is 61.4 Å². The Hall–Kier alpha value is -2.17. The third-order valence-electron chi connectivity index (χ3n) is 4.06. The Morgan fingerprint density at radius 3 is 2.21 bits per heavy atom. The molecule has 0 unspecified atom stereocenters. The van der Waals surface area contributed by atoms with Gasteiger partial charge in [0.1, 0.15) is 0 Å². The molecule has 3 aromatic rings. The summed E-state index contributed by atoms with van der Waals surface area (Å²) >= 11 is 10.3. The summed E-state index contributed by atoms with van der Waals surface area (Å²) in [5.74, 6) is 3.98. The number of thiocarbonyl (C=S) groups is 1. The van der Waals surface area contributed by atoms with Gasteiger partial charge in [-0.25, -0.2) is 4.99 Å². The van der Waals surface area contributed by atoms with Crippen molar-refractivity contribution in [3.05, 3.63) is 100 Å². The van der Waals surface area contributed by atoms with E-state index in [0.717, 1.165) is 32.4 Å². The fourth-order valence-corrected chi connectivity index (χ4v) is 4.11. The minimum atomic E-state index is 0.548. The average molecular weight is 482 g/mol. The molecule has 0 atom stereocenters. The molecule has 0 aromatic heterocycles. The van der Waals surface area contributed by atoms with E-state index in [-0.39, 0.29) is 0 Å². The van der Waals surface area contributed by atoms with Crippen molar-refractivity contribution in [2.75, 3.05) is 6.61 Å². The molecule has 0 spiro atoms. The Balaban J connectivity index is 2.00. The van der Waals surface area contributed by atoms with Crippen molar-refractivity contribution in [2.45, 2.75) is 12.7 Å². The zero-order valence-electron chi connectivity index (χ0n) is 16.0. The SMILES string of the molecule is CCOC(=S)SCc1cc(Br)ccc1N=C=C(c1ccccc1)c1ccccc1. The molecule has 0 N–H and O–H groups in total. The van der Waals surface area contributed by atoms with E-state index in [1.54, 1.807) is 0 Å². The first-order valence-corrected chi connectivity index (χ1v) is 11.4. The van der Waals surface area contributed by atoms with Gasteiger partial charge in [0.05, 0.1) is 17.9 Å². The third kappa shape index (κ3) is 6.41. The Morgan fingerprint density at radius 1 is 1.00 bits per heavy atom. The fourth-order valence-electron chi connectivity index (χ4n) is 2.70. The zero-order chi connectivity index (χ0) is 20.5. The van der Waals surface area contributed by atoms with Crippen LogP contribution in [-0.4, -0.2) is 16.9 Å². The molecular formula is C24H20BrNOS2. The highest BCUT2D eigenvalue weighted by Gasteiger charge is 2.07. The van der Waals surface area contributed by atoms with Crippen LogP contribution in [-0.2, 0) is 10.5 Å². The van der Waals surface area contributed by atoms with Crippen LogP contribution in [0.15, 0.2) is 88.3 Å². The molecular weight excluding hydrogens is 462 g/mol. The summed E-state index contributed by atoms with van der Waals surface area (Å²) in [5, 5.41) is 0. The summed E-state index contributed by atoms with van der Waals surface area (Å²) in [4.78, 5) is 4.72. The monoisotopic (exact) mass is 481 g/mol. The Morgan fingerprint density at radius 2 is 1.62 bits per heavy atom. The van der Waals surface area contributed by atoms with Crippen LogP contribution in [0.2, 0.25) is 0 Å². The highest BCUT2D eigenvalue weighted by Crippen LogP contribution is 2.28. The van der Waals surface area contributed by atoms with Crippen LogP contribution in [0.1, 0.15) is 23.6 Å². The van der Waals surface area contributed by atoms with Crippen molar-refractivity contribution in [3.8, 4) is 0 Å². The largest absolute Gasteiger partial charge is 0.479 e. The first kappa shape index (κ1) is 21.5. The molecule has 0 aliphatic rings. The van der Waals surface area contributed by atoms with Gasteiger partial charge >= 0.3 is 0 Å². The van der Waals surface area contributed by atoms with Gasteiger partial charge in [-0.15, -0.1) is 0 Å². The zero-order valence-corrected chi connectivity index (χ0v) is 19.2. The van der Waals surface area contributed by atoms with Crippen molar-refractivity contribution in [1.29, 1.82) is 0 Å². The van der Waals surface area contributed by atoms with Crippen LogP contribution < -0.4 is 0 Å². The van der Waals surface area contributed by atoms with E-state index in [1.165, 1.54) is 11.8 Å². The molecule has 146 valence electrons. The Bertz CT molecular complexity index is 988. The minimum Gasteiger partial charge on any atom is -0.479 e. The van der Waals surface area contributed by atoms with Crippen LogP contribution in [0.5, 0.6) is 0 Å². The number of benzene rings is 3. The van der Waals surface area contributed by atoms with Crippen LogP contribution >= 0.6 is 39.9 Å². The van der Waals surface area contributed by atoms with E-state index in [4.69, 9.17) is 21.9 Å². The van der Waals surface area contributed by atoms with Crippen molar-refractivity contribution in [2.24, 2.45) is 4.99 Å². The normalized spacial score (nSPS) is 10.1. The molecule has 0 heterocycles. The molecule has 0 radical (unpaired) electrons. The van der Waals surface area contributed by atoms with Gasteiger partial charge in [-0.3, -0.25) is 0 Å². The van der Waals surface area contributed by atoms with Crippen LogP contribution in [0.4, 0.5) is 5.69 Å². The molecule has 29 heavy (non-hydrogen) atoms. The van der Waals surface area contributed by atoms with Crippen LogP contribution in [0, 0.1) is 0 Å². The Kier molecular flexibility index (Phi) is 8.26. The fraction of sp³-hybridized carbons (Fsp3) is 0.125. The number of halogens is 1. The molecule has 5 heteroatoms. The van der Waals surface area contributed by atoms with Crippen LogP contribution in [0.25, 0.3) is 5.57 Å². The highest BCUT2D eigenvalue weighted by atomic mass is 79.9. The highest BCUT2D eigenvalue weighted by molar-refractivity contribution is 9.10. The second-order valence-electron chi connectivity index (χ2n) is 6.08. The number of aliphatic imine (C=N–C) groups is 1. The summed E-state index contributed by atoms with van der Waals surface area (Å²) in [7, 11) is 0. The number of hydrogen-bond donors (Lipinski definition) is 0. The van der Waals surface area contributed by atoms with Gasteiger partial charge in [0, 0.05) is 10.2 Å². The van der Waals surface area contributed by atoms with Gasteiger partial charge in [-0.05, 0) is 59.9 Å². The van der Waals surface area contributed by atoms with Gasteiger partial charge < -0.3 is 4.74 Å². The van der Waals surface area contributed by atoms with Crippen molar-refractivity contribution in [3.63, 3.8) is 0 Å². The van der Waals surface area contributed by atoms with Crippen LogP contribution in [0.3, 0.4) is 0 Å². The number of rotatable bonds is 6. The van der Waals surface area contributed by atoms with E-state index >= 15 is 0 Å². The summed E-state index contributed by atoms with van der Waals surface area (Å²) in [6, 6.07) is 26.4. The lowest BCUT2D eigenvalue weighted by atomic mass is 9.99. The minimum absolute atomic E-state index is 0.548. The number of thioether (sulfide) groups is 1. The third-order valence-corrected chi connectivity index (χ3v) is 5.84. The smallest absolute Gasteiger partial charge is 0.220 e. The van der Waals surface area contributed by atoms with Gasteiger partial charge in [0.15, 0.2) is 0 Å². The predicted octanol–water partition coefficient (Wildman–Crippen LogP) is 7.44. The number of hydrogen-bond acceptors (Lipinski definition) is 4. The lowest BCUT2D eigenvalue weighted by Gasteiger charge is -2.08. The first-order valence-electron chi connectivity index (χ1n) is 9.20. The van der Waals surface area contributed by atoms with E-state index < -0.39 is 0 Å². The van der Waals surface area contributed by atoms with Crippen molar-refractivity contribution in [1.82, 2.24) is 0 Å². The van der Waals surface area contributed by atoms with E-state index in [2.05, 4.69) is 52.1 Å². The maximum absolute atomic E-state index is 5.38. The summed E-state index contributed by atoms with van der Waals surface area (Å²) in [6.07, 6.45) is 0. The molecule has 3 rings (SSSR count). The molecule has 0 amide bonds. The predicted molar refractivity (Wildman–Crippen MR) is 132 cm³/mol. The average Bonchev–Trinajstić information content (AvgIpc) is 2.75. The molecule has 2 nitrogen and oxygen atoms in total. The quantitative estimate of drug-likeness (QED) is 0.269. The second-order valence-corrected chi connectivity index (χ2v) is 8.57. The van der Waals surface area contributed by atoms with E-state index in [1.807, 2.05) is 55.5 Å². The maximum atomic E-state index is 5.38. The molecule has 3 aromatic carbocycles. The number of ether oxygens (including phenoxy) is 1. The topological polar surface area (TPSA) is 21.6 Å². The summed E-state index contributed by atoms with van der Waals surface area (Å²) in [5.41, 5.74) is 5.04. The Labute approximate surface area is 189 Å². The van der Waals surface area contributed by atoms with Gasteiger partial charge in [-0.1, -0.05) is 88.4 Å². The molecule has 0 bridgehead atoms. The van der Waals surface area contributed by atoms with E-state index in [9.17, 15) is 0 Å². The molecule has 0 saturated carbocycles. The lowest BCUT2D eigenvalue weighted by molar-refractivity contribution is 0.346. The van der Waals surface area contributed by atoms with E-state index in [0.29, 0.717) is 16.7 Å². The molecule has 0 fully saturated rings. The van der Waals surface area contributed by atoms with Gasteiger partial charge in [0.25, 0.3) is 0 Å². The molecule has 0 saturated heterocycles. The van der Waals surface area contributed by atoms with Crippen molar-refractivity contribution < 1.29 is 4.74 Å². The maximum Gasteiger partial charge on any atom is 0.220 e. The first-order chi connectivity index (χ1) is 14.2. The van der Waals surface area contributed by atoms with Gasteiger partial charge in [0.2, 0.25) is 4.38 Å². The summed E-state index contributed by atoms with van der Waals surface area (Å²) in [6.45, 7) is 2.51. The standard InChI is InChI=1S/C24H20BrNOS2/c1-2-27-24(28)29-17-20-15-21(25)13-14-23(20)26-16-22(18-9-5-3-6-10-18)19-11-7-4-8-12-19/h3-15H,2,17H2,1H3. The van der Waals surface area contributed by atoms with Gasteiger partial charge in [-0.2, -0.15) is 0 Å². The number of nitrogens with zero attached hydrogens (tertiary/aromatic N) is 1. The second kappa shape index (κ2) is 11.1. The summed E-state index contributed by atoms with van der Waals surface area (Å²) < 4.78 is 6.93. The molecule has 0 aliphatic carbocycles. The molecule has 0 aliphatic heterocycles. The lowest BCUT2D eigenvalue weighted by Crippen LogP contribution is -1.96.